The number of nitrogens with zero attached hydrogens (tertiary/aromatic N) is 4. The van der Waals surface area contributed by atoms with E-state index in [0.29, 0.717) is 41.3 Å². The molecule has 0 aromatic carbocycles. The van der Waals surface area contributed by atoms with Gasteiger partial charge in [-0.25, -0.2) is 4.98 Å². The molecule has 29 heavy (non-hydrogen) atoms. The summed E-state index contributed by atoms with van der Waals surface area (Å²) in [6, 6.07) is 7.52. The Hall–Kier alpha value is -3.35. The highest BCUT2D eigenvalue weighted by Crippen LogP contribution is 2.47. The first-order chi connectivity index (χ1) is 14.0. The molecule has 0 aliphatic heterocycles. The zero-order chi connectivity index (χ0) is 20.4. The van der Waals surface area contributed by atoms with Crippen molar-refractivity contribution in [2.24, 2.45) is 5.92 Å². The largest absolute Gasteiger partial charge is 0.477 e. The second-order valence-corrected chi connectivity index (χ2v) is 7.42. The molecule has 1 unspecified atom stereocenters. The fourth-order valence-electron chi connectivity index (χ4n) is 3.36. The number of hydrogen-bond donors (Lipinski definition) is 1. The fourth-order valence-corrected chi connectivity index (χ4v) is 3.36. The number of nitrogens with one attached hydrogen (secondary N) is 1. The van der Waals surface area contributed by atoms with E-state index in [9.17, 15) is 4.79 Å². The molecule has 148 valence electrons. The zero-order valence-corrected chi connectivity index (χ0v) is 16.5. The minimum Gasteiger partial charge on any atom is -0.477 e. The Morgan fingerprint density at radius 2 is 2.10 bits per heavy atom. The maximum absolute atomic E-state index is 12.3. The van der Waals surface area contributed by atoms with Crippen LogP contribution in [0.4, 0.5) is 0 Å². The summed E-state index contributed by atoms with van der Waals surface area (Å²) < 4.78 is 7.53. The standard InChI is InChI=1S/C22H23N5O2/c1-14-3-4-20(25-11-14)18-9-17(18)13-29-22-19(12-24-15(2)26-22)16-5-7-27(8-6-23)21(28)10-16/h3-7,10-12,17-18,23H,8-9,13H2,1-2H3/t17?,18-/m1/s1. The first-order valence-corrected chi connectivity index (χ1v) is 9.64. The maximum atomic E-state index is 12.3. The lowest BCUT2D eigenvalue weighted by molar-refractivity contribution is 0.285. The third kappa shape index (κ3) is 4.23. The predicted molar refractivity (Wildman–Crippen MR) is 111 cm³/mol. The first kappa shape index (κ1) is 19.0. The second kappa shape index (κ2) is 7.95. The summed E-state index contributed by atoms with van der Waals surface area (Å²) in [5, 5.41) is 7.17. The summed E-state index contributed by atoms with van der Waals surface area (Å²) in [7, 11) is 0. The van der Waals surface area contributed by atoms with Crippen molar-refractivity contribution in [3.63, 3.8) is 0 Å². The highest BCUT2D eigenvalue weighted by Gasteiger charge is 2.40. The summed E-state index contributed by atoms with van der Waals surface area (Å²) in [6.45, 7) is 4.65. The van der Waals surface area contributed by atoms with Gasteiger partial charge < -0.3 is 14.7 Å². The summed E-state index contributed by atoms with van der Waals surface area (Å²) in [5.74, 6) is 1.94. The summed E-state index contributed by atoms with van der Waals surface area (Å²) in [4.78, 5) is 25.5. The number of rotatable bonds is 7. The third-order valence-electron chi connectivity index (χ3n) is 5.14. The molecule has 2 atom stereocenters. The molecule has 7 nitrogen and oxygen atoms in total. The van der Waals surface area contributed by atoms with Gasteiger partial charge in [0.2, 0.25) is 5.88 Å². The molecular formula is C22H23N5O2. The number of ether oxygens (including phenoxy) is 1. The van der Waals surface area contributed by atoms with Gasteiger partial charge in [0.1, 0.15) is 5.82 Å². The Bertz CT molecular complexity index is 1090. The van der Waals surface area contributed by atoms with Crippen LogP contribution in [0.15, 0.2) is 47.7 Å². The monoisotopic (exact) mass is 389 g/mol. The second-order valence-electron chi connectivity index (χ2n) is 7.42. The van der Waals surface area contributed by atoms with Crippen molar-refractivity contribution in [3.05, 3.63) is 70.3 Å². The summed E-state index contributed by atoms with van der Waals surface area (Å²) >= 11 is 0. The van der Waals surface area contributed by atoms with Crippen LogP contribution in [0.1, 0.15) is 29.4 Å². The maximum Gasteiger partial charge on any atom is 0.251 e. The van der Waals surface area contributed by atoms with Crippen LogP contribution in [-0.2, 0) is 6.54 Å². The highest BCUT2D eigenvalue weighted by molar-refractivity contribution is 5.67. The Balaban J connectivity index is 1.51. The number of aryl methyl sites for hydroxylation is 2. The van der Waals surface area contributed by atoms with Crippen molar-refractivity contribution in [1.29, 1.82) is 5.41 Å². The number of aromatic nitrogens is 4. The lowest BCUT2D eigenvalue weighted by Crippen LogP contribution is -2.19. The van der Waals surface area contributed by atoms with Gasteiger partial charge in [-0.2, -0.15) is 4.98 Å². The Morgan fingerprint density at radius 1 is 1.24 bits per heavy atom. The quantitative estimate of drug-likeness (QED) is 0.627. The smallest absolute Gasteiger partial charge is 0.251 e. The molecule has 0 bridgehead atoms. The fraction of sp³-hybridized carbons (Fsp3) is 0.318. The minimum absolute atomic E-state index is 0.176. The van der Waals surface area contributed by atoms with Crippen LogP contribution in [-0.4, -0.2) is 32.3 Å². The SMILES string of the molecule is Cc1ccc([C@@H]2CC2COc2nc(C)ncc2-c2ccn(CC=N)c(=O)c2)nc1. The van der Waals surface area contributed by atoms with Gasteiger partial charge in [-0.15, -0.1) is 0 Å². The normalized spacial score (nSPS) is 17.7. The molecule has 1 saturated carbocycles. The lowest BCUT2D eigenvalue weighted by Gasteiger charge is -2.11. The van der Waals surface area contributed by atoms with E-state index in [1.165, 1.54) is 16.8 Å². The molecule has 0 radical (unpaired) electrons. The molecule has 3 aromatic rings. The average Bonchev–Trinajstić information content (AvgIpc) is 3.48. The Kier molecular flexibility index (Phi) is 5.20. The zero-order valence-electron chi connectivity index (χ0n) is 16.5. The number of hydrogen-bond acceptors (Lipinski definition) is 6. The van der Waals surface area contributed by atoms with E-state index in [4.69, 9.17) is 10.1 Å². The molecule has 0 spiro atoms. The van der Waals surface area contributed by atoms with Gasteiger partial charge >= 0.3 is 0 Å². The van der Waals surface area contributed by atoms with Crippen LogP contribution in [0.2, 0.25) is 0 Å². The molecule has 4 rings (SSSR count). The molecule has 1 aliphatic carbocycles. The Morgan fingerprint density at radius 3 is 2.83 bits per heavy atom. The molecule has 1 fully saturated rings. The summed E-state index contributed by atoms with van der Waals surface area (Å²) in [5.41, 5.74) is 3.49. The van der Waals surface area contributed by atoms with Gasteiger partial charge in [0.15, 0.2) is 0 Å². The van der Waals surface area contributed by atoms with Gasteiger partial charge in [0.25, 0.3) is 5.56 Å². The Labute approximate surface area is 169 Å². The van der Waals surface area contributed by atoms with Crippen molar-refractivity contribution in [2.45, 2.75) is 32.7 Å². The van der Waals surface area contributed by atoms with Crippen LogP contribution in [0, 0.1) is 25.2 Å². The van der Waals surface area contributed by atoms with E-state index in [1.807, 2.05) is 26.1 Å². The molecule has 0 amide bonds. The van der Waals surface area contributed by atoms with Crippen LogP contribution in [0.5, 0.6) is 5.88 Å². The molecule has 3 heterocycles. The minimum atomic E-state index is -0.176. The molecule has 1 aliphatic rings. The number of pyridine rings is 2. The molecule has 3 aromatic heterocycles. The van der Waals surface area contributed by atoms with Crippen LogP contribution >= 0.6 is 0 Å². The van der Waals surface area contributed by atoms with Crippen LogP contribution < -0.4 is 10.3 Å². The first-order valence-electron chi connectivity index (χ1n) is 9.64. The van der Waals surface area contributed by atoms with Gasteiger partial charge in [0, 0.05) is 48.4 Å². The molecule has 1 N–H and O–H groups in total. The van der Waals surface area contributed by atoms with E-state index in [0.717, 1.165) is 17.7 Å². The van der Waals surface area contributed by atoms with E-state index < -0.39 is 0 Å². The van der Waals surface area contributed by atoms with E-state index >= 15 is 0 Å². The van der Waals surface area contributed by atoms with Crippen LogP contribution in [0.25, 0.3) is 11.1 Å². The van der Waals surface area contributed by atoms with Crippen molar-refractivity contribution >= 4 is 6.21 Å². The van der Waals surface area contributed by atoms with E-state index in [2.05, 4.69) is 27.1 Å². The van der Waals surface area contributed by atoms with Crippen molar-refractivity contribution < 1.29 is 4.74 Å². The van der Waals surface area contributed by atoms with Gasteiger partial charge in [-0.1, -0.05) is 6.07 Å². The topological polar surface area (TPSA) is 93.8 Å². The van der Waals surface area contributed by atoms with Crippen molar-refractivity contribution in [3.8, 4) is 17.0 Å². The van der Waals surface area contributed by atoms with Crippen molar-refractivity contribution in [2.75, 3.05) is 6.61 Å². The predicted octanol–water partition coefficient (Wildman–Crippen LogP) is 3.15. The third-order valence-corrected chi connectivity index (χ3v) is 5.14. The van der Waals surface area contributed by atoms with Crippen LogP contribution in [0.3, 0.4) is 0 Å². The molecule has 0 saturated heterocycles. The summed E-state index contributed by atoms with van der Waals surface area (Å²) in [6.07, 6.45) is 7.51. The lowest BCUT2D eigenvalue weighted by atomic mass is 10.1. The molecule has 7 heteroatoms. The van der Waals surface area contributed by atoms with E-state index in [-0.39, 0.29) is 12.1 Å². The van der Waals surface area contributed by atoms with Crippen molar-refractivity contribution in [1.82, 2.24) is 19.5 Å². The highest BCUT2D eigenvalue weighted by atomic mass is 16.5. The average molecular weight is 389 g/mol. The van der Waals surface area contributed by atoms with Gasteiger partial charge in [-0.3, -0.25) is 9.78 Å². The molecular weight excluding hydrogens is 366 g/mol. The van der Waals surface area contributed by atoms with E-state index in [1.54, 1.807) is 12.4 Å². The van der Waals surface area contributed by atoms with Gasteiger partial charge in [0.05, 0.1) is 18.7 Å². The van der Waals surface area contributed by atoms with Gasteiger partial charge in [-0.05, 0) is 43.5 Å².